The molecule has 346 valence electrons. The lowest BCUT2D eigenvalue weighted by Crippen LogP contribution is -2.65. The molecular weight excluding hydrogens is 827 g/mol. The molecule has 6 bridgehead atoms. The van der Waals surface area contributed by atoms with Crippen LogP contribution < -0.4 is 26.4 Å². The number of benzene rings is 1. The van der Waals surface area contributed by atoms with Crippen molar-refractivity contribution in [3.63, 3.8) is 0 Å². The van der Waals surface area contributed by atoms with E-state index in [1.165, 1.54) is 38.7 Å². The number of fused-ring (bicyclic) bond motifs is 7. The molecule has 7 rings (SSSR count). The molecule has 62 heavy (non-hydrogen) atoms. The molecule has 3 fully saturated rings. The number of phenolic OH excluding ortho intramolecular Hbond substituents is 1. The van der Waals surface area contributed by atoms with E-state index in [0.29, 0.717) is 30.8 Å². The third-order valence-electron chi connectivity index (χ3n) is 15.2. The summed E-state index contributed by atoms with van der Waals surface area (Å²) in [5, 5.41) is 67.7. The average Bonchev–Trinajstić information content (AvgIpc) is 3.24. The first-order valence-corrected chi connectivity index (χ1v) is 25.9. The molecule has 3 heterocycles. The minimum Gasteiger partial charge on any atom is -0.504 e. The first-order valence-electron chi connectivity index (χ1n) is 23.5. The van der Waals surface area contributed by atoms with Crippen molar-refractivity contribution in [3.05, 3.63) is 23.3 Å². The van der Waals surface area contributed by atoms with Gasteiger partial charge in [0.1, 0.15) is 12.2 Å². The molecule has 0 aromatic heterocycles. The van der Waals surface area contributed by atoms with Crippen LogP contribution >= 0.6 is 21.6 Å². The zero-order chi connectivity index (χ0) is 44.0. The number of nitrogens with zero attached hydrogens (tertiary/aromatic N) is 1. The van der Waals surface area contributed by atoms with E-state index >= 15 is 0 Å². The summed E-state index contributed by atoms with van der Waals surface area (Å²) in [7, 11) is 4.03. The van der Waals surface area contributed by atoms with Gasteiger partial charge in [-0.15, -0.1) is 0 Å². The molecule has 10 N–H and O–H groups in total. The number of hydrogen-bond acceptors (Lipinski definition) is 15. The fourth-order valence-corrected chi connectivity index (χ4v) is 15.3. The predicted molar refractivity (Wildman–Crippen MR) is 246 cm³/mol. The third kappa shape index (κ3) is 11.0. The zero-order valence-corrected chi connectivity index (χ0v) is 38.6. The number of aliphatic hydroxyl groups is 4. The predicted octanol–water partition coefficient (Wildman–Crippen LogP) is 5.35. The first-order chi connectivity index (χ1) is 29.8. The van der Waals surface area contributed by atoms with Gasteiger partial charge in [0, 0.05) is 66.3 Å². The van der Waals surface area contributed by atoms with Gasteiger partial charge < -0.3 is 56.7 Å². The second-order valence-corrected chi connectivity index (χ2v) is 22.3. The van der Waals surface area contributed by atoms with E-state index < -0.39 is 47.8 Å². The summed E-state index contributed by atoms with van der Waals surface area (Å²) >= 11 is 0. The van der Waals surface area contributed by atoms with E-state index in [1.54, 1.807) is 13.0 Å². The fourth-order valence-electron chi connectivity index (χ4n) is 11.7. The molecule has 6 aliphatic rings. The van der Waals surface area contributed by atoms with Crippen molar-refractivity contribution in [2.75, 3.05) is 31.9 Å². The van der Waals surface area contributed by atoms with Crippen molar-refractivity contribution in [2.45, 2.75) is 182 Å². The van der Waals surface area contributed by atoms with E-state index in [-0.39, 0.29) is 64.8 Å². The van der Waals surface area contributed by atoms with Gasteiger partial charge in [-0.1, -0.05) is 78.4 Å². The van der Waals surface area contributed by atoms with Crippen LogP contribution in [-0.4, -0.2) is 110 Å². The zero-order valence-electron chi connectivity index (χ0n) is 37.0. The van der Waals surface area contributed by atoms with Gasteiger partial charge in [0.15, 0.2) is 23.7 Å². The van der Waals surface area contributed by atoms with Crippen molar-refractivity contribution in [3.8, 4) is 23.3 Å². The van der Waals surface area contributed by atoms with Crippen LogP contribution in [0.1, 0.15) is 147 Å². The van der Waals surface area contributed by atoms with Gasteiger partial charge >= 0.3 is 5.97 Å². The quantitative estimate of drug-likeness (QED) is 0.0812. The fraction of sp³-hybridized carbons (Fsp3) is 0.787. The monoisotopic (exact) mass is 899 g/mol. The summed E-state index contributed by atoms with van der Waals surface area (Å²) in [5.74, 6) is 7.22. The third-order valence-corrected chi connectivity index (χ3v) is 18.7. The Morgan fingerprint density at radius 1 is 1.00 bits per heavy atom. The van der Waals surface area contributed by atoms with E-state index in [2.05, 4.69) is 38.6 Å². The second-order valence-electron chi connectivity index (χ2n) is 19.5. The molecule has 2 saturated carbocycles. The number of carbonyl (C=O) groups is 1. The largest absolute Gasteiger partial charge is 0.504 e. The molecule has 8 atom stereocenters. The summed E-state index contributed by atoms with van der Waals surface area (Å²) in [6.07, 6.45) is 11.3. The molecular formula is C47H73N5O8S2. The Kier molecular flexibility index (Phi) is 16.0. The van der Waals surface area contributed by atoms with Crippen LogP contribution in [0.25, 0.3) is 0 Å². The molecule has 0 radical (unpaired) electrons. The molecule has 3 aliphatic carbocycles. The number of carbonyl (C=O) groups excluding carboxylic acids is 1. The standard InChI is InChI=1S/C47H73N5O8S2/c1-31(53)44-19-11-33-10-9-14-45(30-49-22-23-61-62-47(17-7-4-8-18-47)46(15-5-3-6-16-46)52-43(48)50-29-44)28-36(13-21-51-45)60-41-25-34(38(42(57)58)27-39(41)56)24-37(33)40(59-32(2)54)26-35(55)12-20-44/h25,27,31,33,35-37,40,42,49,51,53,55-58H,3-10,12-18,20-24,26,28-30H2,1-2H3,(H3,48,50,52). The van der Waals surface area contributed by atoms with Gasteiger partial charge in [0.2, 0.25) is 0 Å². The molecule has 8 unspecified atom stereocenters. The van der Waals surface area contributed by atoms with Crippen molar-refractivity contribution < 1.29 is 39.8 Å². The van der Waals surface area contributed by atoms with Crippen molar-refractivity contribution in [1.82, 2.24) is 16.0 Å². The van der Waals surface area contributed by atoms with Crippen LogP contribution in [0.4, 0.5) is 0 Å². The van der Waals surface area contributed by atoms with Gasteiger partial charge in [0.05, 0.1) is 29.7 Å². The van der Waals surface area contributed by atoms with Crippen LogP contribution in [0.5, 0.6) is 11.5 Å². The topological polar surface area (TPSA) is 211 Å². The number of rotatable bonds is 3. The Balaban J connectivity index is 1.37. The highest BCUT2D eigenvalue weighted by Crippen LogP contribution is 2.56. The number of nitrogens with two attached hydrogens (primary N) is 1. The van der Waals surface area contributed by atoms with Gasteiger partial charge in [-0.25, -0.2) is 0 Å². The number of aromatic hydroxyl groups is 1. The summed E-state index contributed by atoms with van der Waals surface area (Å²) in [5.41, 5.74) is 6.04. The van der Waals surface area contributed by atoms with Crippen molar-refractivity contribution >= 4 is 33.5 Å². The molecule has 13 nitrogen and oxygen atoms in total. The maximum absolute atomic E-state index is 12.8. The van der Waals surface area contributed by atoms with Gasteiger partial charge in [0.25, 0.3) is 0 Å². The van der Waals surface area contributed by atoms with Crippen LogP contribution in [0.15, 0.2) is 17.1 Å². The van der Waals surface area contributed by atoms with E-state index in [4.69, 9.17) is 20.2 Å². The molecule has 1 saturated heterocycles. The highest BCUT2D eigenvalue weighted by molar-refractivity contribution is 8.77. The van der Waals surface area contributed by atoms with Crippen LogP contribution in [0.2, 0.25) is 0 Å². The number of nitrogens with one attached hydrogen (secondary N) is 3. The van der Waals surface area contributed by atoms with Crippen LogP contribution in [0.3, 0.4) is 0 Å². The average molecular weight is 900 g/mol. The van der Waals surface area contributed by atoms with Gasteiger partial charge in [-0.3, -0.25) is 9.79 Å². The van der Waals surface area contributed by atoms with Gasteiger partial charge in [-0.05, 0) is 95.4 Å². The Labute approximate surface area is 376 Å². The summed E-state index contributed by atoms with van der Waals surface area (Å²) in [6, 6.07) is 3.04. The number of hydrogen-bond donors (Lipinski definition) is 9. The number of aliphatic hydroxyl groups excluding tert-OH is 3. The molecule has 0 amide bonds. The summed E-state index contributed by atoms with van der Waals surface area (Å²) in [6.45, 7) is 5.54. The van der Waals surface area contributed by atoms with Crippen molar-refractivity contribution in [1.29, 1.82) is 0 Å². The summed E-state index contributed by atoms with van der Waals surface area (Å²) in [4.78, 5) is 17.9. The summed E-state index contributed by atoms with van der Waals surface area (Å²) < 4.78 is 12.7. The lowest BCUT2D eigenvalue weighted by Gasteiger charge is -2.54. The highest BCUT2D eigenvalue weighted by atomic mass is 33.1. The van der Waals surface area contributed by atoms with E-state index in [0.717, 1.165) is 83.2 Å². The molecule has 1 aromatic rings. The lowest BCUT2D eigenvalue weighted by molar-refractivity contribution is -0.152. The lowest BCUT2D eigenvalue weighted by atomic mass is 9.66. The number of aliphatic imine (C=N–C) groups is 1. The Morgan fingerprint density at radius 3 is 2.48 bits per heavy atom. The minimum atomic E-state index is -1.90. The normalized spacial score (nSPS) is 34.0. The number of piperidine rings is 1. The minimum absolute atomic E-state index is 0.00253. The Bertz CT molecular complexity index is 1780. The molecule has 15 heteroatoms. The van der Waals surface area contributed by atoms with E-state index in [9.17, 15) is 30.3 Å². The smallest absolute Gasteiger partial charge is 0.302 e. The van der Waals surface area contributed by atoms with E-state index in [1.807, 2.05) is 10.8 Å². The molecule has 1 aromatic carbocycles. The number of ether oxygens (including phenoxy) is 2. The number of phenols is 1. The second kappa shape index (κ2) is 20.8. The highest BCUT2D eigenvalue weighted by Gasteiger charge is 2.53. The maximum atomic E-state index is 12.8. The first kappa shape index (κ1) is 47.5. The number of guanidine groups is 1. The van der Waals surface area contributed by atoms with Crippen LogP contribution in [-0.2, 0) is 16.0 Å². The Morgan fingerprint density at radius 2 is 1.76 bits per heavy atom. The molecule has 3 spiro atoms. The van der Waals surface area contributed by atoms with Crippen molar-refractivity contribution in [2.24, 2.45) is 28.0 Å². The van der Waals surface area contributed by atoms with Crippen LogP contribution in [0, 0.1) is 29.1 Å². The molecule has 3 aliphatic heterocycles. The van der Waals surface area contributed by atoms with Gasteiger partial charge in [-0.2, -0.15) is 0 Å². The SMILES string of the molecule is CC(=O)OC1CC(O)CCC2(C(C)O)C#CC3CCCC4(CNCCSSC5(CCCCC5)C5(CCCCC5)NC(N)=NC2)CC(CCN4)Oc2cc(c(C(O)O)cc2O)CC31. The maximum Gasteiger partial charge on any atom is 0.302 e. The Hall–Kier alpha value is -2.42. The number of esters is 1.